The van der Waals surface area contributed by atoms with E-state index >= 15 is 0 Å². The van der Waals surface area contributed by atoms with E-state index in [1.54, 1.807) is 11.5 Å². The van der Waals surface area contributed by atoms with Crippen LogP contribution in [0.15, 0.2) is 28.4 Å². The van der Waals surface area contributed by atoms with E-state index in [0.717, 1.165) is 27.3 Å². The van der Waals surface area contributed by atoms with Gasteiger partial charge in [0.25, 0.3) is 5.56 Å². The third-order valence-electron chi connectivity index (χ3n) is 4.45. The van der Waals surface area contributed by atoms with E-state index in [2.05, 4.69) is 32.0 Å². The number of aromatic nitrogens is 2. The zero-order valence-corrected chi connectivity index (χ0v) is 15.9. The molecule has 2 heterocycles. The van der Waals surface area contributed by atoms with Crippen LogP contribution in [0.2, 0.25) is 0 Å². The standard InChI is InChI=1S/C20H22N2O2S/c1-5-17-21-19-18(20(24)22(17)9-8-14(4)23)16(11-25-19)15-7-6-12(2)10-13(15)3/h6-7,10-11H,5,8-9H2,1-4H3. The number of fused-ring (bicyclic) bond motifs is 1. The van der Waals surface area contributed by atoms with Crippen LogP contribution >= 0.6 is 11.3 Å². The van der Waals surface area contributed by atoms with Gasteiger partial charge in [0.2, 0.25) is 0 Å². The smallest absolute Gasteiger partial charge is 0.262 e. The van der Waals surface area contributed by atoms with Gasteiger partial charge in [0.15, 0.2) is 0 Å². The van der Waals surface area contributed by atoms with Gasteiger partial charge in [0, 0.05) is 30.3 Å². The third kappa shape index (κ3) is 3.29. The SMILES string of the molecule is CCc1nc2scc(-c3ccc(C)cc3C)c2c(=O)n1CCC(C)=O. The highest BCUT2D eigenvalue weighted by Crippen LogP contribution is 2.33. The van der Waals surface area contributed by atoms with Crippen molar-refractivity contribution in [2.24, 2.45) is 0 Å². The maximum absolute atomic E-state index is 13.2. The monoisotopic (exact) mass is 354 g/mol. The van der Waals surface area contributed by atoms with Crippen LogP contribution in [0.3, 0.4) is 0 Å². The summed E-state index contributed by atoms with van der Waals surface area (Å²) in [4.78, 5) is 30.0. The number of carbonyl (C=O) groups is 1. The van der Waals surface area contributed by atoms with E-state index in [1.807, 2.05) is 12.3 Å². The number of rotatable bonds is 5. The van der Waals surface area contributed by atoms with Crippen LogP contribution in [0.1, 0.15) is 37.2 Å². The van der Waals surface area contributed by atoms with Crippen molar-refractivity contribution in [3.8, 4) is 11.1 Å². The fourth-order valence-corrected chi connectivity index (χ4v) is 4.10. The molecular formula is C20H22N2O2S. The molecule has 0 aliphatic rings. The van der Waals surface area contributed by atoms with Gasteiger partial charge in [-0.05, 0) is 31.9 Å². The molecule has 0 bridgehead atoms. The van der Waals surface area contributed by atoms with Crippen LogP contribution in [0.4, 0.5) is 0 Å². The molecule has 0 N–H and O–H groups in total. The lowest BCUT2D eigenvalue weighted by Crippen LogP contribution is -2.25. The number of aryl methyl sites for hydroxylation is 3. The number of nitrogens with zero attached hydrogens (tertiary/aromatic N) is 2. The molecule has 3 rings (SSSR count). The molecule has 0 aliphatic heterocycles. The Labute approximate surface area is 151 Å². The van der Waals surface area contributed by atoms with Crippen molar-refractivity contribution in [3.63, 3.8) is 0 Å². The van der Waals surface area contributed by atoms with Gasteiger partial charge in [-0.1, -0.05) is 30.7 Å². The van der Waals surface area contributed by atoms with E-state index in [0.29, 0.717) is 24.8 Å². The highest BCUT2D eigenvalue weighted by Gasteiger charge is 2.17. The Kier molecular flexibility index (Phi) is 4.86. The van der Waals surface area contributed by atoms with E-state index in [1.165, 1.54) is 16.9 Å². The molecule has 130 valence electrons. The van der Waals surface area contributed by atoms with Crippen molar-refractivity contribution in [3.05, 3.63) is 50.9 Å². The minimum absolute atomic E-state index is 0.0423. The predicted molar refractivity (Wildman–Crippen MR) is 103 cm³/mol. The van der Waals surface area contributed by atoms with Gasteiger partial charge in [0.05, 0.1) is 5.39 Å². The molecule has 0 radical (unpaired) electrons. The molecule has 0 unspecified atom stereocenters. The number of carbonyl (C=O) groups excluding carboxylic acids is 1. The molecular weight excluding hydrogens is 332 g/mol. The Morgan fingerprint density at radius 1 is 1.24 bits per heavy atom. The Morgan fingerprint density at radius 2 is 2.00 bits per heavy atom. The Morgan fingerprint density at radius 3 is 2.64 bits per heavy atom. The summed E-state index contributed by atoms with van der Waals surface area (Å²) in [5.41, 5.74) is 4.31. The van der Waals surface area contributed by atoms with Crippen LogP contribution in [0, 0.1) is 13.8 Å². The van der Waals surface area contributed by atoms with Gasteiger partial charge >= 0.3 is 0 Å². The highest BCUT2D eigenvalue weighted by molar-refractivity contribution is 7.17. The first kappa shape index (κ1) is 17.5. The zero-order valence-electron chi connectivity index (χ0n) is 15.0. The van der Waals surface area contributed by atoms with Crippen LogP contribution in [-0.2, 0) is 17.8 Å². The predicted octanol–water partition coefficient (Wildman–Crippen LogP) is 4.28. The first-order chi connectivity index (χ1) is 11.9. The van der Waals surface area contributed by atoms with Crippen molar-refractivity contribution in [2.45, 2.75) is 47.1 Å². The summed E-state index contributed by atoms with van der Waals surface area (Å²) in [5.74, 6) is 0.821. The molecule has 0 saturated carbocycles. The molecule has 1 aromatic carbocycles. The molecule has 0 atom stereocenters. The average Bonchev–Trinajstić information content (AvgIpc) is 2.97. The lowest BCUT2D eigenvalue weighted by Gasteiger charge is -2.11. The van der Waals surface area contributed by atoms with E-state index < -0.39 is 0 Å². The normalized spacial score (nSPS) is 11.2. The largest absolute Gasteiger partial charge is 0.300 e. The minimum atomic E-state index is -0.0423. The summed E-state index contributed by atoms with van der Waals surface area (Å²) in [5, 5.41) is 2.68. The summed E-state index contributed by atoms with van der Waals surface area (Å²) >= 11 is 1.51. The maximum Gasteiger partial charge on any atom is 0.262 e. The molecule has 5 heteroatoms. The number of benzene rings is 1. The van der Waals surface area contributed by atoms with Gasteiger partial charge < -0.3 is 0 Å². The number of hydrogen-bond donors (Lipinski definition) is 0. The van der Waals surface area contributed by atoms with Gasteiger partial charge in [-0.3, -0.25) is 14.2 Å². The van der Waals surface area contributed by atoms with Gasteiger partial charge in [0.1, 0.15) is 16.4 Å². The van der Waals surface area contributed by atoms with Crippen molar-refractivity contribution < 1.29 is 4.79 Å². The molecule has 25 heavy (non-hydrogen) atoms. The van der Waals surface area contributed by atoms with Crippen molar-refractivity contribution in [2.75, 3.05) is 0 Å². The Balaban J connectivity index is 2.24. The number of ketones is 1. The highest BCUT2D eigenvalue weighted by atomic mass is 32.1. The molecule has 3 aromatic rings. The lowest BCUT2D eigenvalue weighted by molar-refractivity contribution is -0.117. The third-order valence-corrected chi connectivity index (χ3v) is 5.32. The van der Waals surface area contributed by atoms with Gasteiger partial charge in [-0.25, -0.2) is 4.98 Å². The minimum Gasteiger partial charge on any atom is -0.300 e. The molecule has 0 saturated heterocycles. The van der Waals surface area contributed by atoms with E-state index in [4.69, 9.17) is 4.98 Å². The fourth-order valence-electron chi connectivity index (χ4n) is 3.15. The summed E-state index contributed by atoms with van der Waals surface area (Å²) < 4.78 is 1.67. The van der Waals surface area contributed by atoms with Crippen molar-refractivity contribution in [1.82, 2.24) is 9.55 Å². The Hall–Kier alpha value is -2.27. The van der Waals surface area contributed by atoms with Gasteiger partial charge in [-0.2, -0.15) is 0 Å². The molecule has 2 aromatic heterocycles. The summed E-state index contributed by atoms with van der Waals surface area (Å²) in [6, 6.07) is 6.26. The van der Waals surface area contributed by atoms with E-state index in [9.17, 15) is 9.59 Å². The topological polar surface area (TPSA) is 52.0 Å². The van der Waals surface area contributed by atoms with Crippen molar-refractivity contribution in [1.29, 1.82) is 0 Å². The molecule has 0 fully saturated rings. The first-order valence-electron chi connectivity index (χ1n) is 8.50. The molecule has 0 amide bonds. The quantitative estimate of drug-likeness (QED) is 0.687. The van der Waals surface area contributed by atoms with Crippen molar-refractivity contribution >= 4 is 27.3 Å². The summed E-state index contributed by atoms with van der Waals surface area (Å²) in [6.07, 6.45) is 1.02. The fraction of sp³-hybridized carbons (Fsp3) is 0.350. The van der Waals surface area contributed by atoms with Crippen LogP contribution in [0.5, 0.6) is 0 Å². The number of hydrogen-bond acceptors (Lipinski definition) is 4. The van der Waals surface area contributed by atoms with Gasteiger partial charge in [-0.15, -0.1) is 11.3 Å². The number of Topliss-reactive ketones (excluding diaryl/α,β-unsaturated/α-hetero) is 1. The summed E-state index contributed by atoms with van der Waals surface area (Å²) in [6.45, 7) is 8.05. The summed E-state index contributed by atoms with van der Waals surface area (Å²) in [7, 11) is 0. The Bertz CT molecular complexity index is 1010. The van der Waals surface area contributed by atoms with Crippen LogP contribution in [-0.4, -0.2) is 15.3 Å². The second-order valence-electron chi connectivity index (χ2n) is 6.44. The zero-order chi connectivity index (χ0) is 18.1. The van der Waals surface area contributed by atoms with E-state index in [-0.39, 0.29) is 11.3 Å². The number of thiophene rings is 1. The van der Waals surface area contributed by atoms with Crippen LogP contribution in [0.25, 0.3) is 21.3 Å². The maximum atomic E-state index is 13.2. The average molecular weight is 354 g/mol. The molecule has 4 nitrogen and oxygen atoms in total. The second kappa shape index (κ2) is 6.92. The first-order valence-corrected chi connectivity index (χ1v) is 9.38. The van der Waals surface area contributed by atoms with Crippen LogP contribution < -0.4 is 5.56 Å². The second-order valence-corrected chi connectivity index (χ2v) is 7.30. The molecule has 0 spiro atoms. The lowest BCUT2D eigenvalue weighted by atomic mass is 9.99. The molecule has 0 aliphatic carbocycles.